The molecule has 0 atom stereocenters. The van der Waals surface area contributed by atoms with E-state index in [-0.39, 0.29) is 10.5 Å². The van der Waals surface area contributed by atoms with Gasteiger partial charge in [0.1, 0.15) is 6.29 Å². The van der Waals surface area contributed by atoms with Gasteiger partial charge in [-0.25, -0.2) is 17.2 Å². The van der Waals surface area contributed by atoms with Gasteiger partial charge < -0.3 is 0 Å². The van der Waals surface area contributed by atoms with Crippen LogP contribution in [0.1, 0.15) is 22.3 Å². The lowest BCUT2D eigenvalue weighted by atomic mass is 10.0. The molecule has 86 valence electrons. The number of sulfone groups is 1. The molecule has 0 unspecified atom stereocenters. The van der Waals surface area contributed by atoms with E-state index in [1.54, 1.807) is 0 Å². The van der Waals surface area contributed by atoms with Crippen molar-refractivity contribution in [2.45, 2.75) is 17.2 Å². The van der Waals surface area contributed by atoms with E-state index in [9.17, 15) is 22.0 Å². The minimum atomic E-state index is -3.63. The standard InChI is InChI=1S/C10H8F2O3S/c11-10(12)3-4-16(14,15)9-2-1-7(6-13)5-8(9)10/h1-2,5-6H,3-4H2. The molecule has 1 aliphatic rings. The number of alkyl halides is 2. The molecule has 0 aliphatic carbocycles. The molecule has 1 aromatic carbocycles. The van der Waals surface area contributed by atoms with Crippen LogP contribution in [0.3, 0.4) is 0 Å². The highest BCUT2D eigenvalue weighted by Crippen LogP contribution is 2.41. The second-order valence-corrected chi connectivity index (χ2v) is 5.72. The van der Waals surface area contributed by atoms with Crippen LogP contribution in [-0.4, -0.2) is 20.5 Å². The van der Waals surface area contributed by atoms with Gasteiger partial charge in [-0.1, -0.05) is 6.07 Å². The molecule has 3 nitrogen and oxygen atoms in total. The van der Waals surface area contributed by atoms with Gasteiger partial charge in [0.05, 0.1) is 10.6 Å². The molecular weight excluding hydrogens is 238 g/mol. The summed E-state index contributed by atoms with van der Waals surface area (Å²) in [6.07, 6.45) is -0.317. The lowest BCUT2D eigenvalue weighted by Crippen LogP contribution is -2.28. The summed E-state index contributed by atoms with van der Waals surface area (Å²) in [5.41, 5.74) is -0.515. The van der Waals surface area contributed by atoms with Gasteiger partial charge in [0, 0.05) is 17.5 Å². The Balaban J connectivity index is 2.74. The first-order valence-corrected chi connectivity index (χ1v) is 6.22. The number of fused-ring (bicyclic) bond motifs is 1. The number of halogens is 2. The smallest absolute Gasteiger partial charge is 0.275 e. The number of benzene rings is 1. The fourth-order valence-corrected chi connectivity index (χ4v) is 3.25. The number of hydrogen-bond acceptors (Lipinski definition) is 3. The molecule has 6 heteroatoms. The summed E-state index contributed by atoms with van der Waals surface area (Å²) in [5, 5.41) is 0. The number of hydrogen-bond donors (Lipinski definition) is 0. The van der Waals surface area contributed by atoms with Gasteiger partial charge in [-0.2, -0.15) is 0 Å². The maximum absolute atomic E-state index is 13.5. The van der Waals surface area contributed by atoms with Gasteiger partial charge in [0.2, 0.25) is 0 Å². The van der Waals surface area contributed by atoms with Crippen LogP contribution in [0.5, 0.6) is 0 Å². The molecular formula is C10H8F2O3S. The zero-order valence-electron chi connectivity index (χ0n) is 8.11. The van der Waals surface area contributed by atoms with Gasteiger partial charge in [-0.3, -0.25) is 4.79 Å². The van der Waals surface area contributed by atoms with Gasteiger partial charge in [-0.15, -0.1) is 0 Å². The zero-order valence-corrected chi connectivity index (χ0v) is 8.93. The largest absolute Gasteiger partial charge is 0.298 e. The zero-order chi connectivity index (χ0) is 12.0. The number of carbonyl (C=O) groups excluding carboxylic acids is 1. The van der Waals surface area contributed by atoms with Crippen molar-refractivity contribution < 1.29 is 22.0 Å². The molecule has 1 heterocycles. The van der Waals surface area contributed by atoms with Gasteiger partial charge in [0.15, 0.2) is 9.84 Å². The molecule has 0 aromatic heterocycles. The Kier molecular flexibility index (Phi) is 2.34. The highest BCUT2D eigenvalue weighted by atomic mass is 32.2. The van der Waals surface area contributed by atoms with Crippen molar-refractivity contribution in [2.24, 2.45) is 0 Å². The minimum absolute atomic E-state index is 0.0514. The average Bonchev–Trinajstić information content (AvgIpc) is 2.24. The first kappa shape index (κ1) is 11.2. The third-order valence-electron chi connectivity index (χ3n) is 2.55. The molecule has 1 aliphatic heterocycles. The summed E-state index contributed by atoms with van der Waals surface area (Å²) in [4.78, 5) is 10.1. The van der Waals surface area contributed by atoms with E-state index in [2.05, 4.69) is 0 Å². The second kappa shape index (κ2) is 3.35. The summed E-state index contributed by atoms with van der Waals surface area (Å²) in [7, 11) is -3.63. The normalized spacial score (nSPS) is 21.1. The number of carbonyl (C=O) groups is 1. The molecule has 0 spiro atoms. The van der Waals surface area contributed by atoms with E-state index in [1.165, 1.54) is 6.07 Å². The van der Waals surface area contributed by atoms with Crippen molar-refractivity contribution >= 4 is 16.1 Å². The maximum Gasteiger partial charge on any atom is 0.275 e. The molecule has 1 aromatic rings. The summed E-state index contributed by atoms with van der Waals surface area (Å²) in [6, 6.07) is 3.24. The summed E-state index contributed by atoms with van der Waals surface area (Å²) in [5.74, 6) is -3.74. The van der Waals surface area contributed by atoms with Gasteiger partial charge in [-0.05, 0) is 12.1 Å². The highest BCUT2D eigenvalue weighted by Gasteiger charge is 2.42. The lowest BCUT2D eigenvalue weighted by molar-refractivity contribution is -0.0127. The highest BCUT2D eigenvalue weighted by molar-refractivity contribution is 7.91. The van der Waals surface area contributed by atoms with E-state index in [0.29, 0.717) is 6.29 Å². The van der Waals surface area contributed by atoms with Crippen LogP contribution < -0.4 is 0 Å². The fourth-order valence-electron chi connectivity index (χ4n) is 1.69. The van der Waals surface area contributed by atoms with Crippen molar-refractivity contribution in [3.8, 4) is 0 Å². The van der Waals surface area contributed by atoms with E-state index < -0.39 is 33.5 Å². The quantitative estimate of drug-likeness (QED) is 0.709. The fraction of sp³-hybridized carbons (Fsp3) is 0.300. The molecule has 0 saturated carbocycles. The van der Waals surface area contributed by atoms with Crippen molar-refractivity contribution in [1.29, 1.82) is 0 Å². The van der Waals surface area contributed by atoms with Gasteiger partial charge in [0.25, 0.3) is 5.92 Å². The Labute approximate surface area is 91.0 Å². The third kappa shape index (κ3) is 1.63. The molecule has 0 fully saturated rings. The Bertz CT molecular complexity index is 549. The van der Waals surface area contributed by atoms with Crippen molar-refractivity contribution in [1.82, 2.24) is 0 Å². The van der Waals surface area contributed by atoms with Crippen LogP contribution in [0.4, 0.5) is 8.78 Å². The van der Waals surface area contributed by atoms with Crippen LogP contribution in [-0.2, 0) is 15.8 Å². The molecule has 16 heavy (non-hydrogen) atoms. The predicted molar refractivity (Wildman–Crippen MR) is 52.4 cm³/mol. The molecule has 0 saturated heterocycles. The monoisotopic (exact) mass is 246 g/mol. The van der Waals surface area contributed by atoms with E-state index >= 15 is 0 Å². The molecule has 0 N–H and O–H groups in total. The Morgan fingerprint density at radius 3 is 2.62 bits per heavy atom. The van der Waals surface area contributed by atoms with Crippen LogP contribution in [0.2, 0.25) is 0 Å². The van der Waals surface area contributed by atoms with Crippen molar-refractivity contribution in [3.63, 3.8) is 0 Å². The summed E-state index contributed by atoms with van der Waals surface area (Å²) < 4.78 is 50.0. The second-order valence-electron chi connectivity index (χ2n) is 3.65. The third-order valence-corrected chi connectivity index (χ3v) is 4.32. The average molecular weight is 246 g/mol. The first-order valence-electron chi connectivity index (χ1n) is 4.57. The predicted octanol–water partition coefficient (Wildman–Crippen LogP) is 1.77. The van der Waals surface area contributed by atoms with Crippen molar-refractivity contribution in [3.05, 3.63) is 29.3 Å². The van der Waals surface area contributed by atoms with Crippen molar-refractivity contribution in [2.75, 3.05) is 5.75 Å². The number of rotatable bonds is 1. The van der Waals surface area contributed by atoms with Crippen LogP contribution in [0.25, 0.3) is 0 Å². The molecule has 0 amide bonds. The number of aldehydes is 1. The lowest BCUT2D eigenvalue weighted by Gasteiger charge is -2.25. The minimum Gasteiger partial charge on any atom is -0.298 e. The molecule has 2 rings (SSSR count). The Morgan fingerprint density at radius 1 is 1.31 bits per heavy atom. The van der Waals surface area contributed by atoms with E-state index in [1.807, 2.05) is 0 Å². The SMILES string of the molecule is O=Cc1ccc2c(c1)C(F)(F)CCS2(=O)=O. The van der Waals surface area contributed by atoms with E-state index in [0.717, 1.165) is 12.1 Å². The first-order chi connectivity index (χ1) is 7.37. The van der Waals surface area contributed by atoms with Gasteiger partial charge >= 0.3 is 0 Å². The van der Waals surface area contributed by atoms with Crippen LogP contribution in [0, 0.1) is 0 Å². The topological polar surface area (TPSA) is 51.2 Å². The molecule has 0 bridgehead atoms. The Hall–Kier alpha value is -1.30. The summed E-state index contributed by atoms with van der Waals surface area (Å²) in [6.45, 7) is 0. The van der Waals surface area contributed by atoms with Crippen LogP contribution in [0.15, 0.2) is 23.1 Å². The maximum atomic E-state index is 13.5. The molecule has 0 radical (unpaired) electrons. The summed E-state index contributed by atoms with van der Waals surface area (Å²) >= 11 is 0. The Morgan fingerprint density at radius 2 is 2.00 bits per heavy atom. The van der Waals surface area contributed by atoms with Crippen LogP contribution >= 0.6 is 0 Å². The van der Waals surface area contributed by atoms with E-state index in [4.69, 9.17) is 0 Å².